The van der Waals surface area contributed by atoms with E-state index in [1.54, 1.807) is 11.7 Å². The molecule has 5 nitrogen and oxygen atoms in total. The number of aryl methyl sites for hydroxylation is 1. The largest absolute Gasteiger partial charge is 0.455 e. The number of aromatic nitrogens is 2. The minimum Gasteiger partial charge on any atom is -0.455 e. The molecule has 0 bridgehead atoms. The second-order valence-corrected chi connectivity index (χ2v) is 6.12. The van der Waals surface area contributed by atoms with Gasteiger partial charge in [-0.3, -0.25) is 4.68 Å². The van der Waals surface area contributed by atoms with E-state index in [9.17, 15) is 4.79 Å². The molecule has 2 heterocycles. The Bertz CT molecular complexity index is 454. The summed E-state index contributed by atoms with van der Waals surface area (Å²) in [4.78, 5) is 12.1. The molecule has 1 aromatic rings. The number of hydrogen-bond acceptors (Lipinski definition) is 4. The number of nitrogens with zero attached hydrogens (tertiary/aromatic N) is 2. The molecule has 0 spiro atoms. The van der Waals surface area contributed by atoms with Crippen LogP contribution in [0.1, 0.15) is 55.7 Å². The van der Waals surface area contributed by atoms with Crippen LogP contribution in [-0.2, 0) is 11.8 Å². The highest BCUT2D eigenvalue weighted by molar-refractivity contribution is 5.88. The standard InChI is InChI=1S/C14H23N3O2/c1-14(2,3)19-13(18)12-8-11(16-17(12)4)10-6-5-7-15-9-10/h8,10,15H,5-7,9H2,1-4H3/t10-/m1/s1. The molecule has 0 radical (unpaired) electrons. The smallest absolute Gasteiger partial charge is 0.357 e. The van der Waals surface area contributed by atoms with Gasteiger partial charge in [0.25, 0.3) is 0 Å². The van der Waals surface area contributed by atoms with Crippen molar-refractivity contribution in [3.05, 3.63) is 17.5 Å². The van der Waals surface area contributed by atoms with Crippen LogP contribution in [-0.4, -0.2) is 34.4 Å². The van der Waals surface area contributed by atoms with Gasteiger partial charge in [-0.05, 0) is 46.2 Å². The van der Waals surface area contributed by atoms with Crippen molar-refractivity contribution in [3.63, 3.8) is 0 Å². The Morgan fingerprint density at radius 3 is 2.84 bits per heavy atom. The minimum atomic E-state index is -0.478. The van der Waals surface area contributed by atoms with E-state index in [0.717, 1.165) is 31.6 Å². The zero-order chi connectivity index (χ0) is 14.0. The molecule has 0 aromatic carbocycles. The van der Waals surface area contributed by atoms with Gasteiger partial charge in [-0.2, -0.15) is 5.10 Å². The van der Waals surface area contributed by atoms with Crippen molar-refractivity contribution in [3.8, 4) is 0 Å². The van der Waals surface area contributed by atoms with Gasteiger partial charge in [-0.1, -0.05) is 0 Å². The van der Waals surface area contributed by atoms with Gasteiger partial charge in [0.05, 0.1) is 5.69 Å². The van der Waals surface area contributed by atoms with Crippen LogP contribution in [0, 0.1) is 0 Å². The first-order valence-corrected chi connectivity index (χ1v) is 6.85. The van der Waals surface area contributed by atoms with Crippen LogP contribution in [0.25, 0.3) is 0 Å². The van der Waals surface area contributed by atoms with Crippen molar-refractivity contribution < 1.29 is 9.53 Å². The van der Waals surface area contributed by atoms with E-state index >= 15 is 0 Å². The topological polar surface area (TPSA) is 56.2 Å². The Kier molecular flexibility index (Phi) is 3.94. The first-order chi connectivity index (χ1) is 8.87. The summed E-state index contributed by atoms with van der Waals surface area (Å²) in [6.07, 6.45) is 2.28. The van der Waals surface area contributed by atoms with Gasteiger partial charge in [0.2, 0.25) is 0 Å². The molecule has 1 saturated heterocycles. The predicted molar refractivity (Wildman–Crippen MR) is 73.2 cm³/mol. The molecule has 5 heteroatoms. The van der Waals surface area contributed by atoms with Gasteiger partial charge in [0.1, 0.15) is 11.3 Å². The maximum absolute atomic E-state index is 12.1. The maximum Gasteiger partial charge on any atom is 0.357 e. The lowest BCUT2D eigenvalue weighted by molar-refractivity contribution is 0.00576. The Morgan fingerprint density at radius 1 is 1.53 bits per heavy atom. The lowest BCUT2D eigenvalue weighted by Gasteiger charge is -2.20. The van der Waals surface area contributed by atoms with Crippen molar-refractivity contribution in [1.29, 1.82) is 0 Å². The Hall–Kier alpha value is -1.36. The highest BCUT2D eigenvalue weighted by Gasteiger charge is 2.24. The molecule has 19 heavy (non-hydrogen) atoms. The number of nitrogens with one attached hydrogen (secondary N) is 1. The number of ether oxygens (including phenoxy) is 1. The summed E-state index contributed by atoms with van der Waals surface area (Å²) in [6.45, 7) is 7.61. The van der Waals surface area contributed by atoms with Crippen LogP contribution in [0.3, 0.4) is 0 Å². The lowest BCUT2D eigenvalue weighted by atomic mass is 9.96. The fraction of sp³-hybridized carbons (Fsp3) is 0.714. The fourth-order valence-electron chi connectivity index (χ4n) is 2.31. The van der Waals surface area contributed by atoms with E-state index in [4.69, 9.17) is 4.74 Å². The molecule has 1 aliphatic heterocycles. The van der Waals surface area contributed by atoms with Crippen molar-refractivity contribution in [2.24, 2.45) is 7.05 Å². The van der Waals surface area contributed by atoms with Gasteiger partial charge in [0.15, 0.2) is 0 Å². The summed E-state index contributed by atoms with van der Waals surface area (Å²) in [7, 11) is 1.79. The molecule has 1 aliphatic rings. The molecule has 2 rings (SSSR count). The van der Waals surface area contributed by atoms with Crippen LogP contribution in [0.15, 0.2) is 6.07 Å². The minimum absolute atomic E-state index is 0.308. The predicted octanol–water partition coefficient (Wildman–Crippen LogP) is 1.84. The Morgan fingerprint density at radius 2 is 2.26 bits per heavy atom. The van der Waals surface area contributed by atoms with Crippen LogP contribution >= 0.6 is 0 Å². The Labute approximate surface area is 114 Å². The van der Waals surface area contributed by atoms with E-state index in [2.05, 4.69) is 10.4 Å². The van der Waals surface area contributed by atoms with Crippen molar-refractivity contribution in [1.82, 2.24) is 15.1 Å². The Balaban J connectivity index is 2.14. The van der Waals surface area contributed by atoms with Gasteiger partial charge in [-0.25, -0.2) is 4.79 Å². The number of carbonyl (C=O) groups is 1. The van der Waals surface area contributed by atoms with E-state index < -0.39 is 5.60 Å². The van der Waals surface area contributed by atoms with Gasteiger partial charge >= 0.3 is 5.97 Å². The second kappa shape index (κ2) is 5.33. The average molecular weight is 265 g/mol. The third-order valence-electron chi connectivity index (χ3n) is 3.22. The quantitative estimate of drug-likeness (QED) is 0.829. The van der Waals surface area contributed by atoms with Crippen LogP contribution in [0.4, 0.5) is 0 Å². The summed E-state index contributed by atoms with van der Waals surface area (Å²) < 4.78 is 7.01. The normalized spacial score (nSPS) is 20.3. The lowest BCUT2D eigenvalue weighted by Crippen LogP contribution is -2.28. The summed E-state index contributed by atoms with van der Waals surface area (Å²) >= 11 is 0. The number of piperidine rings is 1. The van der Waals surface area contributed by atoms with E-state index in [-0.39, 0.29) is 5.97 Å². The molecular weight excluding hydrogens is 242 g/mol. The molecule has 0 amide bonds. The van der Waals surface area contributed by atoms with Crippen molar-refractivity contribution in [2.45, 2.75) is 45.1 Å². The number of hydrogen-bond donors (Lipinski definition) is 1. The molecule has 0 saturated carbocycles. The van der Waals surface area contributed by atoms with E-state index in [1.807, 2.05) is 26.8 Å². The van der Waals surface area contributed by atoms with Gasteiger partial charge in [-0.15, -0.1) is 0 Å². The van der Waals surface area contributed by atoms with Crippen LogP contribution < -0.4 is 5.32 Å². The molecule has 0 unspecified atom stereocenters. The molecule has 106 valence electrons. The van der Waals surface area contributed by atoms with Crippen molar-refractivity contribution in [2.75, 3.05) is 13.1 Å². The SMILES string of the molecule is Cn1nc([C@@H]2CCCNC2)cc1C(=O)OC(C)(C)C. The second-order valence-electron chi connectivity index (χ2n) is 6.12. The number of esters is 1. The molecule has 0 aliphatic carbocycles. The zero-order valence-corrected chi connectivity index (χ0v) is 12.2. The third kappa shape index (κ3) is 3.56. The first kappa shape index (κ1) is 14.1. The first-order valence-electron chi connectivity index (χ1n) is 6.85. The summed E-state index contributed by atoms with van der Waals surface area (Å²) in [5.74, 6) is 0.0913. The molecule has 1 N–H and O–H groups in total. The molecule has 1 aromatic heterocycles. The number of carbonyl (C=O) groups excluding carboxylic acids is 1. The third-order valence-corrected chi connectivity index (χ3v) is 3.22. The molecule has 1 atom stereocenters. The fourth-order valence-corrected chi connectivity index (χ4v) is 2.31. The zero-order valence-electron chi connectivity index (χ0n) is 12.2. The molecular formula is C14H23N3O2. The van der Waals surface area contributed by atoms with E-state index in [1.165, 1.54) is 0 Å². The van der Waals surface area contributed by atoms with Crippen LogP contribution in [0.2, 0.25) is 0 Å². The molecule has 1 fully saturated rings. The monoisotopic (exact) mass is 265 g/mol. The van der Waals surface area contributed by atoms with E-state index in [0.29, 0.717) is 11.6 Å². The summed E-state index contributed by atoms with van der Waals surface area (Å²) in [5.41, 5.74) is 1.03. The highest BCUT2D eigenvalue weighted by Crippen LogP contribution is 2.23. The number of rotatable bonds is 2. The van der Waals surface area contributed by atoms with Gasteiger partial charge < -0.3 is 10.1 Å². The van der Waals surface area contributed by atoms with Gasteiger partial charge in [0, 0.05) is 19.5 Å². The average Bonchev–Trinajstić information content (AvgIpc) is 2.70. The van der Waals surface area contributed by atoms with Crippen molar-refractivity contribution >= 4 is 5.97 Å². The summed E-state index contributed by atoms with van der Waals surface area (Å²) in [5, 5.41) is 7.83. The maximum atomic E-state index is 12.1. The highest BCUT2D eigenvalue weighted by atomic mass is 16.6. The summed E-state index contributed by atoms with van der Waals surface area (Å²) in [6, 6.07) is 1.87. The van der Waals surface area contributed by atoms with Crippen LogP contribution in [0.5, 0.6) is 0 Å².